The largest absolute Gasteiger partial charge is 0.508 e. The Morgan fingerprint density at radius 3 is 1.42 bits per heavy atom. The molecule has 0 aromatic heterocycles. The van der Waals surface area contributed by atoms with Gasteiger partial charge in [-0.15, -0.1) is 0 Å². The van der Waals surface area contributed by atoms with E-state index in [1.165, 1.54) is 0 Å². The molecule has 0 spiro atoms. The minimum absolute atomic E-state index is 0.250. The lowest BCUT2D eigenvalue weighted by Gasteiger charge is -1.78. The molecule has 2 heterocycles. The van der Waals surface area contributed by atoms with E-state index in [2.05, 4.69) is 14.2 Å². The van der Waals surface area contributed by atoms with Crippen LogP contribution in [0.15, 0.2) is 0 Å². The molecule has 0 unspecified atom stereocenters. The number of cyclic esters (lactones) is 2. The van der Waals surface area contributed by atoms with Crippen LogP contribution in [0.4, 0.5) is 4.79 Å². The molecule has 0 saturated carbocycles. The van der Waals surface area contributed by atoms with E-state index in [0.29, 0.717) is 13.2 Å². The molecular formula is C6H8O6. The molecule has 2 aliphatic rings. The van der Waals surface area contributed by atoms with Gasteiger partial charge >= 0.3 is 12.3 Å². The Balaban J connectivity index is 0.000000171. The van der Waals surface area contributed by atoms with Crippen molar-refractivity contribution in [3.63, 3.8) is 0 Å². The smallest absolute Gasteiger partial charge is 0.431 e. The summed E-state index contributed by atoms with van der Waals surface area (Å²) >= 11 is 0. The van der Waals surface area contributed by atoms with Crippen molar-refractivity contribution >= 4 is 12.3 Å². The average Bonchev–Trinajstić information content (AvgIpc) is 2.84. The molecule has 0 N–H and O–H groups in total. The van der Waals surface area contributed by atoms with Crippen LogP contribution < -0.4 is 0 Å². The summed E-state index contributed by atoms with van der Waals surface area (Å²) in [6, 6.07) is 0. The van der Waals surface area contributed by atoms with Gasteiger partial charge < -0.3 is 14.2 Å². The quantitative estimate of drug-likeness (QED) is 0.368. The number of epoxide rings is 1. The van der Waals surface area contributed by atoms with Gasteiger partial charge in [-0.25, -0.2) is 4.79 Å². The van der Waals surface area contributed by atoms with Crippen molar-refractivity contribution in [3.8, 4) is 0 Å². The number of hydrogen-bond donors (Lipinski definition) is 0. The van der Waals surface area contributed by atoms with Gasteiger partial charge in [0.05, 0.1) is 13.2 Å². The van der Waals surface area contributed by atoms with Crippen LogP contribution in [-0.2, 0) is 23.8 Å². The molecule has 12 heavy (non-hydrogen) atoms. The molecule has 0 atom stereocenters. The van der Waals surface area contributed by atoms with Gasteiger partial charge in [-0.2, -0.15) is 9.59 Å². The summed E-state index contributed by atoms with van der Waals surface area (Å²) in [4.78, 5) is 26.0. The van der Waals surface area contributed by atoms with Crippen LogP contribution in [0, 0.1) is 0 Å². The maximum Gasteiger partial charge on any atom is 0.508 e. The molecule has 2 rings (SSSR count). The predicted octanol–water partition coefficient (Wildman–Crippen LogP) is -0.414. The van der Waals surface area contributed by atoms with Gasteiger partial charge in [0, 0.05) is 0 Å². The molecule has 2 saturated heterocycles. The lowest BCUT2D eigenvalue weighted by atomic mass is 10.8. The molecule has 6 heteroatoms. The van der Waals surface area contributed by atoms with E-state index in [4.69, 9.17) is 9.59 Å². The Morgan fingerprint density at radius 2 is 1.33 bits per heavy atom. The lowest BCUT2D eigenvalue weighted by Crippen LogP contribution is -1.88. The first-order chi connectivity index (χ1) is 5.81. The molecule has 0 aromatic carbocycles. The highest BCUT2D eigenvalue weighted by atomic mass is 16.8. The first kappa shape index (κ1) is 10.6. The topological polar surface area (TPSA) is 82.2 Å². The molecule has 0 amide bonds. The molecule has 0 aromatic rings. The number of hydrogen-bond acceptors (Lipinski definition) is 6. The van der Waals surface area contributed by atoms with Gasteiger partial charge in [-0.05, 0) is 0 Å². The van der Waals surface area contributed by atoms with Crippen molar-refractivity contribution in [2.75, 3.05) is 26.4 Å². The zero-order valence-corrected chi connectivity index (χ0v) is 6.28. The molecule has 68 valence electrons. The Kier molecular flexibility index (Phi) is 6.82. The van der Waals surface area contributed by atoms with E-state index in [-0.39, 0.29) is 6.15 Å². The summed E-state index contributed by atoms with van der Waals surface area (Å²) < 4.78 is 13.1. The summed E-state index contributed by atoms with van der Waals surface area (Å²) in [7, 11) is 0. The van der Waals surface area contributed by atoms with Gasteiger partial charge in [0.15, 0.2) is 0 Å². The first-order valence-electron chi connectivity index (χ1n) is 3.18. The van der Waals surface area contributed by atoms with Crippen LogP contribution in [0.5, 0.6) is 0 Å². The predicted molar refractivity (Wildman–Crippen MR) is 33.1 cm³/mol. The van der Waals surface area contributed by atoms with Crippen LogP contribution in [0.3, 0.4) is 0 Å². The number of carbonyl (C=O) groups excluding carboxylic acids is 3. The molecule has 2 aliphatic heterocycles. The van der Waals surface area contributed by atoms with Crippen LogP contribution in [-0.4, -0.2) is 38.7 Å². The monoisotopic (exact) mass is 176 g/mol. The SMILES string of the molecule is C1CO1.O=C1OCCO1.O=C=O. The van der Waals surface area contributed by atoms with Gasteiger partial charge in [0.25, 0.3) is 0 Å². The molecule has 0 bridgehead atoms. The van der Waals surface area contributed by atoms with Crippen LogP contribution >= 0.6 is 0 Å². The van der Waals surface area contributed by atoms with Crippen LogP contribution in [0.1, 0.15) is 0 Å². The number of carbonyl (C=O) groups is 1. The second-order valence-electron chi connectivity index (χ2n) is 1.64. The van der Waals surface area contributed by atoms with E-state index < -0.39 is 6.16 Å². The highest BCUT2D eigenvalue weighted by Crippen LogP contribution is 1.92. The second-order valence-corrected chi connectivity index (χ2v) is 1.64. The van der Waals surface area contributed by atoms with Crippen molar-refractivity contribution in [3.05, 3.63) is 0 Å². The molecular weight excluding hydrogens is 168 g/mol. The van der Waals surface area contributed by atoms with Gasteiger partial charge in [0.2, 0.25) is 0 Å². The van der Waals surface area contributed by atoms with Crippen LogP contribution in [0.2, 0.25) is 0 Å². The first-order valence-corrected chi connectivity index (χ1v) is 3.18. The summed E-state index contributed by atoms with van der Waals surface area (Å²) in [5, 5.41) is 0. The van der Waals surface area contributed by atoms with E-state index in [1.807, 2.05) is 0 Å². The van der Waals surface area contributed by atoms with Crippen molar-refractivity contribution in [1.82, 2.24) is 0 Å². The molecule has 0 aliphatic carbocycles. The minimum atomic E-state index is -0.546. The zero-order chi connectivity index (χ0) is 9.23. The molecule has 0 radical (unpaired) electrons. The Hall–Kier alpha value is -1.39. The van der Waals surface area contributed by atoms with Crippen molar-refractivity contribution in [2.24, 2.45) is 0 Å². The Labute approximate surface area is 68.4 Å². The second kappa shape index (κ2) is 7.71. The summed E-state index contributed by atoms with van der Waals surface area (Å²) in [6.07, 6.45) is -0.296. The minimum Gasteiger partial charge on any atom is -0.431 e. The summed E-state index contributed by atoms with van der Waals surface area (Å²) in [5.74, 6) is 0. The third kappa shape index (κ3) is 11.4. The maximum absolute atomic E-state index is 9.80. The Morgan fingerprint density at radius 1 is 1.00 bits per heavy atom. The highest BCUT2D eigenvalue weighted by molar-refractivity contribution is 5.61. The van der Waals surface area contributed by atoms with Gasteiger partial charge in [-0.3, -0.25) is 0 Å². The third-order valence-corrected chi connectivity index (χ3v) is 0.727. The third-order valence-electron chi connectivity index (χ3n) is 0.727. The number of rotatable bonds is 0. The standard InChI is InChI=1S/C3H4O3.C2H4O.CO2/c4-3-5-1-2-6-3;1-2-3-1;2-1-3/h1-2H2;1-2H2;. The van der Waals surface area contributed by atoms with Gasteiger partial charge in [0.1, 0.15) is 13.2 Å². The molecule has 6 nitrogen and oxygen atoms in total. The van der Waals surface area contributed by atoms with Crippen molar-refractivity contribution in [2.45, 2.75) is 0 Å². The Bertz CT molecular complexity index is 147. The van der Waals surface area contributed by atoms with E-state index in [1.54, 1.807) is 0 Å². The van der Waals surface area contributed by atoms with Crippen LogP contribution in [0.25, 0.3) is 0 Å². The van der Waals surface area contributed by atoms with Gasteiger partial charge in [-0.1, -0.05) is 0 Å². The molecule has 2 fully saturated rings. The highest BCUT2D eigenvalue weighted by Gasteiger charge is 2.09. The van der Waals surface area contributed by atoms with Crippen molar-refractivity contribution in [1.29, 1.82) is 0 Å². The summed E-state index contributed by atoms with van der Waals surface area (Å²) in [5.41, 5.74) is 0. The zero-order valence-electron chi connectivity index (χ0n) is 6.28. The fraction of sp³-hybridized carbons (Fsp3) is 0.667. The maximum atomic E-state index is 9.80. The fourth-order valence-electron chi connectivity index (χ4n) is 0.292. The normalized spacial score (nSPS) is 16.5. The number of ether oxygens (including phenoxy) is 3. The van der Waals surface area contributed by atoms with E-state index >= 15 is 0 Å². The van der Waals surface area contributed by atoms with E-state index in [9.17, 15) is 4.79 Å². The lowest BCUT2D eigenvalue weighted by molar-refractivity contribution is -0.191. The van der Waals surface area contributed by atoms with E-state index in [0.717, 1.165) is 13.2 Å². The average molecular weight is 176 g/mol. The van der Waals surface area contributed by atoms with Crippen molar-refractivity contribution < 1.29 is 28.6 Å². The fourth-order valence-corrected chi connectivity index (χ4v) is 0.292. The summed E-state index contributed by atoms with van der Waals surface area (Å²) in [6.45, 7) is 2.83.